The van der Waals surface area contributed by atoms with Gasteiger partial charge in [0.05, 0.1) is 6.61 Å². The summed E-state index contributed by atoms with van der Waals surface area (Å²) in [6, 6.07) is 0. The third-order valence-electron chi connectivity index (χ3n) is 0.892. The Morgan fingerprint density at radius 3 is 2.42 bits per heavy atom. The molecular weight excluding hydrogens is 164 g/mol. The third-order valence-corrected chi connectivity index (χ3v) is 0.892. The van der Waals surface area contributed by atoms with Crippen LogP contribution in [0.4, 0.5) is 0 Å². The average molecular weight is 173 g/mol. The molecule has 5 heteroatoms. The van der Waals surface area contributed by atoms with Crippen molar-refractivity contribution in [1.82, 2.24) is 0 Å². The van der Waals surface area contributed by atoms with Crippen molar-refractivity contribution in [3.05, 3.63) is 0 Å². The van der Waals surface area contributed by atoms with Gasteiger partial charge in [0.25, 0.3) is 12.4 Å². The highest BCUT2D eigenvalue weighted by atomic mass is 16.6. The molecule has 0 heterocycles. The molecule has 1 atom stereocenters. The summed E-state index contributed by atoms with van der Waals surface area (Å²) < 4.78 is 8.69. The first kappa shape index (κ1) is 10.6. The number of carbonyl (C=O) groups is 2. The van der Waals surface area contributed by atoms with Crippen molar-refractivity contribution in [2.45, 2.75) is 20.0 Å². The lowest BCUT2D eigenvalue weighted by Crippen LogP contribution is -2.29. The Labute approximate surface area is 69.6 Å². The molecule has 0 aliphatic rings. The fraction of sp³-hybridized carbons (Fsp3) is 0.571. The van der Waals surface area contributed by atoms with Gasteiger partial charge in [0.2, 0.25) is 0 Å². The van der Waals surface area contributed by atoms with E-state index in [2.05, 4.69) is 9.47 Å². The summed E-state index contributed by atoms with van der Waals surface area (Å²) in [5.74, 6) is -1.63. The molecule has 0 bridgehead atoms. The normalized spacial score (nSPS) is 11.5. The molecule has 0 rings (SSSR count). The zero-order chi connectivity index (χ0) is 9.56. The molecule has 0 aromatic heterocycles. The minimum atomic E-state index is -1.55. The van der Waals surface area contributed by atoms with Crippen LogP contribution >= 0.6 is 0 Å². The maximum atomic E-state index is 10.7. The van der Waals surface area contributed by atoms with Crippen molar-refractivity contribution in [2.24, 2.45) is 0 Å². The van der Waals surface area contributed by atoms with E-state index in [4.69, 9.17) is 0 Å². The Balaban J connectivity index is 4.05. The Morgan fingerprint density at radius 2 is 2.08 bits per heavy atom. The number of hydrogen-bond acceptors (Lipinski definition) is 5. The van der Waals surface area contributed by atoms with Gasteiger partial charge in [-0.2, -0.15) is 0 Å². The van der Waals surface area contributed by atoms with E-state index in [1.807, 2.05) is 0 Å². The van der Waals surface area contributed by atoms with Gasteiger partial charge < -0.3 is 9.47 Å². The van der Waals surface area contributed by atoms with Gasteiger partial charge in [-0.15, -0.1) is 0 Å². The average Bonchev–Trinajstić information content (AvgIpc) is 2.00. The quantitative estimate of drug-likeness (QED) is 0.427. The first-order valence-electron chi connectivity index (χ1n) is 3.33. The van der Waals surface area contributed by atoms with Gasteiger partial charge in [-0.3, -0.25) is 9.59 Å². The van der Waals surface area contributed by atoms with Gasteiger partial charge in [-0.05, 0) is 6.92 Å². The standard InChI is InChI=1S/C7H9O5/c1-3-11-7(10)6(4-8)12-5(2)9/h6H,3H2,1-2H3. The molecule has 0 aliphatic heterocycles. The summed E-state index contributed by atoms with van der Waals surface area (Å²) in [5, 5.41) is 0. The SMILES string of the molecule is CCOC(=O)C([C]=O)OC(C)=O. The second-order valence-corrected chi connectivity index (χ2v) is 1.86. The molecule has 12 heavy (non-hydrogen) atoms. The molecule has 0 aromatic rings. The highest BCUT2D eigenvalue weighted by Crippen LogP contribution is 1.93. The Hall–Kier alpha value is -1.39. The van der Waals surface area contributed by atoms with Gasteiger partial charge in [-0.1, -0.05) is 0 Å². The van der Waals surface area contributed by atoms with Crippen LogP contribution in [0.15, 0.2) is 0 Å². The second-order valence-electron chi connectivity index (χ2n) is 1.86. The van der Waals surface area contributed by atoms with Crippen molar-refractivity contribution >= 4 is 18.2 Å². The molecule has 0 amide bonds. The van der Waals surface area contributed by atoms with Crippen LogP contribution in [0.3, 0.4) is 0 Å². The zero-order valence-electron chi connectivity index (χ0n) is 6.83. The lowest BCUT2D eigenvalue weighted by molar-refractivity contribution is -0.161. The zero-order valence-corrected chi connectivity index (χ0v) is 6.83. The minimum Gasteiger partial charge on any atom is -0.463 e. The van der Waals surface area contributed by atoms with Crippen molar-refractivity contribution in [2.75, 3.05) is 6.61 Å². The van der Waals surface area contributed by atoms with Crippen LogP contribution < -0.4 is 0 Å². The molecule has 0 saturated carbocycles. The molecule has 0 aliphatic carbocycles. The van der Waals surface area contributed by atoms with Crippen LogP contribution in [-0.4, -0.2) is 30.9 Å². The molecule has 0 aromatic carbocycles. The maximum Gasteiger partial charge on any atom is 0.355 e. The summed E-state index contributed by atoms with van der Waals surface area (Å²) in [6.45, 7) is 2.79. The number of esters is 2. The van der Waals surface area contributed by atoms with E-state index in [9.17, 15) is 14.4 Å². The predicted molar refractivity (Wildman–Crippen MR) is 37.9 cm³/mol. The first-order chi connectivity index (χ1) is 5.61. The van der Waals surface area contributed by atoms with E-state index in [1.54, 1.807) is 6.92 Å². The molecule has 0 saturated heterocycles. The fourth-order valence-electron chi connectivity index (χ4n) is 0.504. The van der Waals surface area contributed by atoms with Gasteiger partial charge in [-0.25, -0.2) is 4.79 Å². The monoisotopic (exact) mass is 173 g/mol. The fourth-order valence-corrected chi connectivity index (χ4v) is 0.504. The molecule has 1 unspecified atom stereocenters. The van der Waals surface area contributed by atoms with Crippen LogP contribution in [0.25, 0.3) is 0 Å². The topological polar surface area (TPSA) is 69.7 Å². The first-order valence-corrected chi connectivity index (χ1v) is 3.33. The Morgan fingerprint density at radius 1 is 1.50 bits per heavy atom. The molecule has 67 valence electrons. The lowest BCUT2D eigenvalue weighted by Gasteiger charge is -2.07. The van der Waals surface area contributed by atoms with Gasteiger partial charge >= 0.3 is 11.9 Å². The van der Waals surface area contributed by atoms with Crippen LogP contribution in [0.1, 0.15) is 13.8 Å². The van der Waals surface area contributed by atoms with Gasteiger partial charge in [0, 0.05) is 6.92 Å². The van der Waals surface area contributed by atoms with E-state index in [-0.39, 0.29) is 6.61 Å². The van der Waals surface area contributed by atoms with E-state index in [0.717, 1.165) is 6.92 Å². The van der Waals surface area contributed by atoms with Crippen molar-refractivity contribution in [3.63, 3.8) is 0 Å². The summed E-state index contributed by atoms with van der Waals surface area (Å²) in [5.41, 5.74) is 0. The molecule has 0 fully saturated rings. The summed E-state index contributed by atoms with van der Waals surface area (Å²) in [4.78, 5) is 31.1. The van der Waals surface area contributed by atoms with E-state index in [0.29, 0.717) is 0 Å². The molecule has 0 spiro atoms. The van der Waals surface area contributed by atoms with Crippen LogP contribution in [0, 0.1) is 0 Å². The van der Waals surface area contributed by atoms with Crippen molar-refractivity contribution < 1.29 is 23.9 Å². The number of carbonyl (C=O) groups excluding carboxylic acids is 3. The maximum absolute atomic E-state index is 10.7. The van der Waals surface area contributed by atoms with E-state index < -0.39 is 18.0 Å². The Bertz CT molecular complexity index is 186. The summed E-state index contributed by atoms with van der Waals surface area (Å²) in [6.07, 6.45) is -0.303. The second kappa shape index (κ2) is 5.29. The number of hydrogen-bond donors (Lipinski definition) is 0. The molecule has 5 nitrogen and oxygen atoms in total. The smallest absolute Gasteiger partial charge is 0.355 e. The van der Waals surface area contributed by atoms with Crippen molar-refractivity contribution in [1.29, 1.82) is 0 Å². The third kappa shape index (κ3) is 3.70. The number of ether oxygens (including phenoxy) is 2. The van der Waals surface area contributed by atoms with E-state index >= 15 is 0 Å². The van der Waals surface area contributed by atoms with Gasteiger partial charge in [0.1, 0.15) is 0 Å². The Kier molecular flexibility index (Phi) is 4.67. The van der Waals surface area contributed by atoms with Crippen LogP contribution in [0.5, 0.6) is 0 Å². The van der Waals surface area contributed by atoms with E-state index in [1.165, 1.54) is 6.29 Å². The predicted octanol–water partition coefficient (Wildman–Crippen LogP) is -0.409. The highest BCUT2D eigenvalue weighted by molar-refractivity contribution is 5.93. The van der Waals surface area contributed by atoms with Crippen molar-refractivity contribution in [3.8, 4) is 0 Å². The summed E-state index contributed by atoms with van der Waals surface area (Å²) in [7, 11) is 0. The highest BCUT2D eigenvalue weighted by Gasteiger charge is 2.22. The minimum absolute atomic E-state index is 0.123. The summed E-state index contributed by atoms with van der Waals surface area (Å²) >= 11 is 0. The number of rotatable bonds is 4. The van der Waals surface area contributed by atoms with Crippen LogP contribution in [0.2, 0.25) is 0 Å². The van der Waals surface area contributed by atoms with Gasteiger partial charge in [0.15, 0.2) is 0 Å². The lowest BCUT2D eigenvalue weighted by atomic mass is 10.4. The molecule has 0 N–H and O–H groups in total. The largest absolute Gasteiger partial charge is 0.463 e. The molecule has 1 radical (unpaired) electrons. The molecular formula is C7H9O5. The van der Waals surface area contributed by atoms with Crippen LogP contribution in [-0.2, 0) is 23.9 Å².